The second-order valence-electron chi connectivity index (χ2n) is 9.04. The maximum Gasteiger partial charge on any atom is 0.264 e. The first-order valence-corrected chi connectivity index (χ1v) is 13.3. The van der Waals surface area contributed by atoms with Crippen LogP contribution in [0.2, 0.25) is 0 Å². The number of hydrogen-bond acceptors (Lipinski definition) is 1. The molecule has 0 aliphatic heterocycles. The van der Waals surface area contributed by atoms with Gasteiger partial charge in [-0.1, -0.05) is 110 Å². The molecule has 1 N–H and O–H groups in total. The molecule has 0 aromatic rings. The summed E-state index contributed by atoms with van der Waals surface area (Å²) in [6.07, 6.45) is 24.1. The minimum atomic E-state index is 0.233. The van der Waals surface area contributed by atoms with Gasteiger partial charge in [-0.25, -0.2) is 10.0 Å². The Morgan fingerprint density at radius 1 is 0.517 bits per heavy atom. The Balaban J connectivity index is 3.32. The lowest BCUT2D eigenvalue weighted by atomic mass is 10.0. The summed E-state index contributed by atoms with van der Waals surface area (Å²) in [5, 5.41) is 0. The van der Waals surface area contributed by atoms with Gasteiger partial charge in [0, 0.05) is 6.42 Å². The molecule has 0 radical (unpaired) electrons. The van der Waals surface area contributed by atoms with Crippen molar-refractivity contribution in [1.29, 1.82) is 0 Å². The van der Waals surface area contributed by atoms with E-state index in [-0.39, 0.29) is 5.91 Å². The van der Waals surface area contributed by atoms with E-state index in [1.54, 1.807) is 0 Å². The van der Waals surface area contributed by atoms with Gasteiger partial charge in [-0.15, -0.1) is 0 Å². The van der Waals surface area contributed by atoms with Gasteiger partial charge in [0.2, 0.25) is 0 Å². The SMILES string of the molecule is CCCCCCCCCCCCCCCCCCCC(=O)N[N+](CC)(CC)CC. The molecule has 0 aromatic heterocycles. The van der Waals surface area contributed by atoms with Crippen LogP contribution < -0.4 is 5.43 Å². The van der Waals surface area contributed by atoms with Crippen molar-refractivity contribution >= 4 is 5.91 Å². The van der Waals surface area contributed by atoms with Gasteiger partial charge in [0.1, 0.15) is 0 Å². The highest BCUT2D eigenvalue weighted by Gasteiger charge is 2.23. The molecule has 29 heavy (non-hydrogen) atoms. The number of nitrogens with one attached hydrogen (secondary N) is 1. The second-order valence-corrected chi connectivity index (χ2v) is 9.04. The molecule has 0 aromatic carbocycles. The zero-order valence-electron chi connectivity index (χ0n) is 20.7. The molecule has 3 nitrogen and oxygen atoms in total. The maximum atomic E-state index is 12.2. The van der Waals surface area contributed by atoms with E-state index in [1.165, 1.54) is 103 Å². The molecule has 0 aliphatic carbocycles. The lowest BCUT2D eigenvalue weighted by molar-refractivity contribution is -0.956. The van der Waals surface area contributed by atoms with Gasteiger partial charge in [0.25, 0.3) is 5.91 Å². The summed E-state index contributed by atoms with van der Waals surface area (Å²) in [6.45, 7) is 11.7. The number of nitrogens with zero attached hydrogens (tertiary/aromatic N) is 1. The molecule has 0 saturated heterocycles. The number of carbonyl (C=O) groups is 1. The van der Waals surface area contributed by atoms with Crippen LogP contribution in [0.1, 0.15) is 143 Å². The third kappa shape index (κ3) is 16.9. The highest BCUT2D eigenvalue weighted by atomic mass is 16.2. The molecule has 0 atom stereocenters. The Morgan fingerprint density at radius 2 is 0.828 bits per heavy atom. The number of amides is 1. The third-order valence-electron chi connectivity index (χ3n) is 6.69. The predicted molar refractivity (Wildman–Crippen MR) is 129 cm³/mol. The van der Waals surface area contributed by atoms with Gasteiger partial charge in [0.15, 0.2) is 0 Å². The van der Waals surface area contributed by atoms with E-state index in [1.807, 2.05) is 0 Å². The van der Waals surface area contributed by atoms with Gasteiger partial charge < -0.3 is 0 Å². The van der Waals surface area contributed by atoms with Gasteiger partial charge in [-0.05, 0) is 27.2 Å². The molecule has 0 aliphatic rings. The van der Waals surface area contributed by atoms with Gasteiger partial charge in [-0.3, -0.25) is 4.79 Å². The van der Waals surface area contributed by atoms with Crippen molar-refractivity contribution in [2.45, 2.75) is 143 Å². The Morgan fingerprint density at radius 3 is 1.14 bits per heavy atom. The second kappa shape index (κ2) is 20.7. The van der Waals surface area contributed by atoms with Crippen LogP contribution in [0.5, 0.6) is 0 Å². The highest BCUT2D eigenvalue weighted by Crippen LogP contribution is 2.14. The first-order valence-electron chi connectivity index (χ1n) is 13.3. The molecule has 0 rings (SSSR count). The number of rotatable bonds is 22. The molecular weight excluding hydrogens is 356 g/mol. The van der Waals surface area contributed by atoms with Gasteiger partial charge in [0.05, 0.1) is 19.6 Å². The zero-order chi connectivity index (χ0) is 21.6. The summed E-state index contributed by atoms with van der Waals surface area (Å²) in [7, 11) is 0. The van der Waals surface area contributed by atoms with E-state index in [0.717, 1.165) is 30.6 Å². The molecule has 174 valence electrons. The van der Waals surface area contributed by atoms with Gasteiger partial charge >= 0.3 is 0 Å². The lowest BCUT2D eigenvalue weighted by Crippen LogP contribution is -2.59. The minimum Gasteiger partial charge on any atom is -0.270 e. The van der Waals surface area contributed by atoms with Crippen LogP contribution in [0.3, 0.4) is 0 Å². The van der Waals surface area contributed by atoms with Crippen LogP contribution in [0.25, 0.3) is 0 Å². The number of hydrogen-bond donors (Lipinski definition) is 1. The average molecular weight is 412 g/mol. The smallest absolute Gasteiger partial charge is 0.264 e. The molecule has 0 unspecified atom stereocenters. The van der Waals surface area contributed by atoms with E-state index in [0.29, 0.717) is 6.42 Å². The maximum absolute atomic E-state index is 12.2. The topological polar surface area (TPSA) is 29.1 Å². The van der Waals surface area contributed by atoms with Crippen molar-refractivity contribution < 1.29 is 9.39 Å². The molecule has 0 saturated carbocycles. The summed E-state index contributed by atoms with van der Waals surface area (Å²) in [4.78, 5) is 12.2. The summed E-state index contributed by atoms with van der Waals surface area (Å²) in [5.74, 6) is 0.233. The Bertz CT molecular complexity index is 344. The molecule has 0 bridgehead atoms. The zero-order valence-corrected chi connectivity index (χ0v) is 20.7. The monoisotopic (exact) mass is 411 g/mol. The third-order valence-corrected chi connectivity index (χ3v) is 6.69. The fourth-order valence-electron chi connectivity index (χ4n) is 4.24. The van der Waals surface area contributed by atoms with Gasteiger partial charge in [-0.2, -0.15) is 0 Å². The quantitative estimate of drug-likeness (QED) is 0.109. The summed E-state index contributed by atoms with van der Waals surface area (Å²) in [5.41, 5.74) is 3.23. The van der Waals surface area contributed by atoms with E-state index < -0.39 is 0 Å². The lowest BCUT2D eigenvalue weighted by Gasteiger charge is -2.34. The van der Waals surface area contributed by atoms with Crippen molar-refractivity contribution in [3.8, 4) is 0 Å². The Hall–Kier alpha value is -0.570. The summed E-state index contributed by atoms with van der Waals surface area (Å²) in [6, 6.07) is 0. The van der Waals surface area contributed by atoms with Crippen molar-refractivity contribution in [2.75, 3.05) is 19.6 Å². The van der Waals surface area contributed by atoms with E-state index in [2.05, 4.69) is 33.1 Å². The van der Waals surface area contributed by atoms with Crippen LogP contribution in [0.15, 0.2) is 0 Å². The number of unbranched alkanes of at least 4 members (excludes halogenated alkanes) is 16. The predicted octanol–water partition coefficient (Wildman–Crippen LogP) is 7.94. The number of carbonyl (C=O) groups excluding carboxylic acids is 1. The molecule has 0 fully saturated rings. The molecule has 0 spiro atoms. The minimum absolute atomic E-state index is 0.233. The van der Waals surface area contributed by atoms with E-state index >= 15 is 0 Å². The fourth-order valence-corrected chi connectivity index (χ4v) is 4.24. The fraction of sp³-hybridized carbons (Fsp3) is 0.962. The Kier molecular flexibility index (Phi) is 20.3. The van der Waals surface area contributed by atoms with E-state index in [9.17, 15) is 4.79 Å². The van der Waals surface area contributed by atoms with Crippen LogP contribution >= 0.6 is 0 Å². The summed E-state index contributed by atoms with van der Waals surface area (Å²) < 4.78 is 0.720. The normalized spacial score (nSPS) is 11.7. The van der Waals surface area contributed by atoms with Crippen LogP contribution in [0.4, 0.5) is 0 Å². The first-order chi connectivity index (χ1) is 14.1. The molecule has 3 heteroatoms. The van der Waals surface area contributed by atoms with Crippen molar-refractivity contribution in [2.24, 2.45) is 0 Å². The largest absolute Gasteiger partial charge is 0.270 e. The van der Waals surface area contributed by atoms with Crippen molar-refractivity contribution in [3.63, 3.8) is 0 Å². The highest BCUT2D eigenvalue weighted by molar-refractivity contribution is 5.74. The van der Waals surface area contributed by atoms with Crippen LogP contribution in [-0.2, 0) is 4.79 Å². The summed E-state index contributed by atoms with van der Waals surface area (Å²) >= 11 is 0. The Labute approximate surface area is 184 Å². The molecular formula is C26H55N2O+. The first kappa shape index (κ1) is 28.4. The van der Waals surface area contributed by atoms with Crippen LogP contribution in [-0.4, -0.2) is 30.1 Å². The number of quaternary nitrogens is 1. The average Bonchev–Trinajstić information content (AvgIpc) is 2.74. The van der Waals surface area contributed by atoms with E-state index in [4.69, 9.17) is 0 Å². The molecule has 1 amide bonds. The molecule has 0 heterocycles. The van der Waals surface area contributed by atoms with Crippen molar-refractivity contribution in [3.05, 3.63) is 0 Å². The van der Waals surface area contributed by atoms with Crippen molar-refractivity contribution in [1.82, 2.24) is 5.43 Å². The standard InChI is InChI=1S/C26H54N2O/c1-5-9-10-11-12-13-14-15-16-17-18-19-20-21-22-23-24-25-26(29)27-28(6-2,7-3)8-4/h5-25H2,1-4H3/p+1. The van der Waals surface area contributed by atoms with Crippen LogP contribution in [0, 0.1) is 0 Å².